The Bertz CT molecular complexity index is 549. The van der Waals surface area contributed by atoms with Gasteiger partial charge in [0, 0.05) is 0 Å². The summed E-state index contributed by atoms with van der Waals surface area (Å²) in [6.07, 6.45) is 38.4. The zero-order valence-electron chi connectivity index (χ0n) is 25.9. The van der Waals surface area contributed by atoms with Crippen molar-refractivity contribution in [1.29, 1.82) is 0 Å². The maximum absolute atomic E-state index is 11.0. The van der Waals surface area contributed by atoms with Gasteiger partial charge in [0.2, 0.25) is 0 Å². The summed E-state index contributed by atoms with van der Waals surface area (Å²) in [5, 5.41) is 0. The largest absolute Gasteiger partial charge is 0.397 e. The highest BCUT2D eigenvalue weighted by Gasteiger charge is 2.13. The lowest BCUT2D eigenvalue weighted by atomic mass is 9.94. The SMILES string of the molecule is CCCCCCCCCCCCCCCCCCCC(CCCCCCCCCCCC)COS(=O)(=O)O. The van der Waals surface area contributed by atoms with E-state index in [0.717, 1.165) is 25.7 Å². The van der Waals surface area contributed by atoms with Crippen LogP contribution in [0.5, 0.6) is 0 Å². The van der Waals surface area contributed by atoms with Gasteiger partial charge in [0.05, 0.1) is 6.61 Å². The normalized spacial score (nSPS) is 12.8. The minimum Gasteiger partial charge on any atom is -0.264 e. The lowest BCUT2D eigenvalue weighted by Gasteiger charge is -2.16. The molecule has 0 radical (unpaired) electrons. The Labute approximate surface area is 239 Å². The summed E-state index contributed by atoms with van der Waals surface area (Å²) in [4.78, 5) is 0. The van der Waals surface area contributed by atoms with Crippen LogP contribution in [0.2, 0.25) is 0 Å². The van der Waals surface area contributed by atoms with Crippen molar-refractivity contribution in [2.45, 2.75) is 200 Å². The van der Waals surface area contributed by atoms with E-state index in [4.69, 9.17) is 8.74 Å². The van der Waals surface area contributed by atoms with E-state index >= 15 is 0 Å². The van der Waals surface area contributed by atoms with Crippen LogP contribution in [0.4, 0.5) is 0 Å². The average molecular weight is 561 g/mol. The first-order chi connectivity index (χ1) is 18.5. The fourth-order valence-corrected chi connectivity index (χ4v) is 5.94. The summed E-state index contributed by atoms with van der Waals surface area (Å²) < 4.78 is 35.8. The molecule has 0 saturated carbocycles. The molecule has 0 aliphatic heterocycles. The van der Waals surface area contributed by atoms with E-state index < -0.39 is 10.4 Å². The standard InChI is InChI=1S/C33H68O4S/c1-3-5-7-9-11-13-15-16-17-18-19-20-21-23-25-27-29-31-33(32-37-38(34,35)36)30-28-26-24-22-14-12-10-8-6-4-2/h33H,3-32H2,1-2H3,(H,34,35,36). The van der Waals surface area contributed by atoms with Crippen molar-refractivity contribution < 1.29 is 17.2 Å². The van der Waals surface area contributed by atoms with Crippen LogP contribution >= 0.6 is 0 Å². The predicted octanol–water partition coefficient (Wildman–Crippen LogP) is 11.8. The van der Waals surface area contributed by atoms with Crippen molar-refractivity contribution in [2.75, 3.05) is 6.61 Å². The van der Waals surface area contributed by atoms with Gasteiger partial charge in [0.15, 0.2) is 0 Å². The van der Waals surface area contributed by atoms with Crippen LogP contribution in [0.15, 0.2) is 0 Å². The van der Waals surface area contributed by atoms with Crippen molar-refractivity contribution >= 4 is 10.4 Å². The molecule has 0 heterocycles. The second-order valence-corrected chi connectivity index (χ2v) is 13.1. The Morgan fingerprint density at radius 1 is 0.447 bits per heavy atom. The van der Waals surface area contributed by atoms with Crippen molar-refractivity contribution in [3.05, 3.63) is 0 Å². The zero-order valence-corrected chi connectivity index (χ0v) is 26.7. The van der Waals surface area contributed by atoms with E-state index in [2.05, 4.69) is 13.8 Å². The molecule has 0 fully saturated rings. The lowest BCUT2D eigenvalue weighted by molar-refractivity contribution is 0.204. The first-order valence-corrected chi connectivity index (χ1v) is 18.5. The molecule has 0 spiro atoms. The van der Waals surface area contributed by atoms with Gasteiger partial charge in [-0.2, -0.15) is 8.42 Å². The highest BCUT2D eigenvalue weighted by atomic mass is 32.3. The first kappa shape index (κ1) is 37.9. The third kappa shape index (κ3) is 32.1. The van der Waals surface area contributed by atoms with Gasteiger partial charge in [-0.05, 0) is 18.8 Å². The highest BCUT2D eigenvalue weighted by molar-refractivity contribution is 7.80. The molecule has 0 bridgehead atoms. The molecule has 0 amide bonds. The summed E-state index contributed by atoms with van der Waals surface area (Å²) in [6.45, 7) is 4.68. The van der Waals surface area contributed by atoms with Gasteiger partial charge in [-0.3, -0.25) is 4.55 Å². The van der Waals surface area contributed by atoms with Gasteiger partial charge in [-0.15, -0.1) is 0 Å². The molecule has 0 aromatic rings. The lowest BCUT2D eigenvalue weighted by Crippen LogP contribution is -2.14. The maximum atomic E-state index is 11.0. The number of unbranched alkanes of at least 4 members (excludes halogenated alkanes) is 25. The van der Waals surface area contributed by atoms with E-state index in [1.165, 1.54) is 161 Å². The van der Waals surface area contributed by atoms with Crippen LogP contribution in [0, 0.1) is 5.92 Å². The minimum atomic E-state index is -4.33. The maximum Gasteiger partial charge on any atom is 0.397 e. The van der Waals surface area contributed by atoms with Crippen LogP contribution < -0.4 is 0 Å². The Kier molecular flexibility index (Phi) is 29.7. The fraction of sp³-hybridized carbons (Fsp3) is 1.00. The molecule has 1 unspecified atom stereocenters. The van der Waals surface area contributed by atoms with Crippen LogP contribution in [-0.4, -0.2) is 19.6 Å². The molecular formula is C33H68O4S. The predicted molar refractivity (Wildman–Crippen MR) is 166 cm³/mol. The van der Waals surface area contributed by atoms with Crippen molar-refractivity contribution in [3.8, 4) is 0 Å². The number of rotatable bonds is 32. The molecule has 1 atom stereocenters. The Hall–Kier alpha value is -0.130. The molecule has 1 N–H and O–H groups in total. The van der Waals surface area contributed by atoms with Gasteiger partial charge in [0.25, 0.3) is 0 Å². The Morgan fingerprint density at radius 2 is 0.684 bits per heavy atom. The van der Waals surface area contributed by atoms with E-state index in [-0.39, 0.29) is 12.5 Å². The molecule has 0 rings (SSSR count). The fourth-order valence-electron chi connectivity index (χ4n) is 5.57. The minimum absolute atomic E-state index is 0.134. The Morgan fingerprint density at radius 3 is 0.921 bits per heavy atom. The monoisotopic (exact) mass is 560 g/mol. The molecule has 0 aliphatic carbocycles. The molecule has 0 saturated heterocycles. The van der Waals surface area contributed by atoms with Crippen LogP contribution in [0.3, 0.4) is 0 Å². The molecule has 4 nitrogen and oxygen atoms in total. The summed E-state index contributed by atoms with van der Waals surface area (Å²) >= 11 is 0. The van der Waals surface area contributed by atoms with Gasteiger partial charge < -0.3 is 0 Å². The highest BCUT2D eigenvalue weighted by Crippen LogP contribution is 2.21. The quantitative estimate of drug-likeness (QED) is 0.0656. The van der Waals surface area contributed by atoms with E-state index in [9.17, 15) is 8.42 Å². The third-order valence-corrected chi connectivity index (χ3v) is 8.57. The van der Waals surface area contributed by atoms with E-state index in [1.807, 2.05) is 0 Å². The smallest absolute Gasteiger partial charge is 0.264 e. The van der Waals surface area contributed by atoms with Crippen molar-refractivity contribution in [3.63, 3.8) is 0 Å². The molecule has 230 valence electrons. The van der Waals surface area contributed by atoms with Gasteiger partial charge in [-0.25, -0.2) is 4.18 Å². The molecule has 5 heteroatoms. The molecular weight excluding hydrogens is 492 g/mol. The summed E-state index contributed by atoms with van der Waals surface area (Å²) in [5.41, 5.74) is 0. The van der Waals surface area contributed by atoms with Crippen LogP contribution in [-0.2, 0) is 14.6 Å². The topological polar surface area (TPSA) is 63.6 Å². The van der Waals surface area contributed by atoms with Crippen LogP contribution in [0.1, 0.15) is 200 Å². The summed E-state index contributed by atoms with van der Waals surface area (Å²) in [7, 11) is -4.33. The van der Waals surface area contributed by atoms with E-state index in [0.29, 0.717) is 0 Å². The second-order valence-electron chi connectivity index (χ2n) is 12.0. The summed E-state index contributed by atoms with van der Waals surface area (Å²) in [5.74, 6) is 0.238. The third-order valence-electron chi connectivity index (χ3n) is 8.13. The average Bonchev–Trinajstić information content (AvgIpc) is 2.89. The summed E-state index contributed by atoms with van der Waals surface area (Å²) in [6, 6.07) is 0. The van der Waals surface area contributed by atoms with E-state index in [1.54, 1.807) is 0 Å². The van der Waals surface area contributed by atoms with Crippen molar-refractivity contribution in [2.24, 2.45) is 5.92 Å². The molecule has 0 aromatic heterocycles. The molecule has 38 heavy (non-hydrogen) atoms. The second kappa shape index (κ2) is 29.8. The zero-order chi connectivity index (χ0) is 28.0. The van der Waals surface area contributed by atoms with Crippen LogP contribution in [0.25, 0.3) is 0 Å². The number of hydrogen-bond acceptors (Lipinski definition) is 3. The van der Waals surface area contributed by atoms with Gasteiger partial charge in [-0.1, -0.05) is 187 Å². The van der Waals surface area contributed by atoms with Gasteiger partial charge in [0.1, 0.15) is 0 Å². The Balaban J connectivity index is 3.65. The number of hydrogen-bond donors (Lipinski definition) is 1. The molecule has 0 aromatic carbocycles. The van der Waals surface area contributed by atoms with Crippen molar-refractivity contribution in [1.82, 2.24) is 0 Å². The van der Waals surface area contributed by atoms with Gasteiger partial charge >= 0.3 is 10.4 Å². The first-order valence-electron chi connectivity index (χ1n) is 17.1. The molecule has 0 aliphatic rings.